The first-order valence-corrected chi connectivity index (χ1v) is 15.2. The number of hydrogen-bond donors (Lipinski definition) is 1. The van der Waals surface area contributed by atoms with Gasteiger partial charge in [0, 0.05) is 29.1 Å². The number of esters is 1. The molecule has 4 aliphatic carbocycles. The first-order valence-electron chi connectivity index (χ1n) is 15.2. The zero-order chi connectivity index (χ0) is 28.7. The van der Waals surface area contributed by atoms with Crippen molar-refractivity contribution in [2.75, 3.05) is 6.61 Å². The van der Waals surface area contributed by atoms with Crippen LogP contribution in [-0.2, 0) is 23.7 Å². The van der Waals surface area contributed by atoms with Gasteiger partial charge in [0.05, 0.1) is 35.6 Å². The number of allylic oxidation sites excluding steroid dienone is 2. The number of benzene rings is 1. The molecule has 218 valence electrons. The molecule has 7 heteroatoms. The van der Waals surface area contributed by atoms with Gasteiger partial charge in [-0.25, -0.2) is 4.79 Å². The molecule has 1 N–H and O–H groups in total. The summed E-state index contributed by atoms with van der Waals surface area (Å²) in [6.07, 6.45) is 5.02. The third kappa shape index (κ3) is 2.87. The molecule has 13 atom stereocenters. The van der Waals surface area contributed by atoms with Gasteiger partial charge >= 0.3 is 5.97 Å². The highest BCUT2D eigenvalue weighted by atomic mass is 16.6. The van der Waals surface area contributed by atoms with Crippen molar-refractivity contribution in [3.8, 4) is 0 Å². The fraction of sp³-hybridized carbons (Fsp3) is 0.647. The number of carbonyl (C=O) groups is 2. The second-order valence-corrected chi connectivity index (χ2v) is 14.8. The first kappa shape index (κ1) is 26.2. The second kappa shape index (κ2) is 7.91. The molecule has 0 radical (unpaired) electrons. The average Bonchev–Trinajstić information content (AvgIpc) is 3.21. The van der Waals surface area contributed by atoms with Crippen LogP contribution in [0.5, 0.6) is 0 Å². The van der Waals surface area contributed by atoms with Crippen molar-refractivity contribution in [2.45, 2.75) is 83.6 Å². The van der Waals surface area contributed by atoms with Gasteiger partial charge in [0.25, 0.3) is 0 Å². The van der Waals surface area contributed by atoms with Gasteiger partial charge in [-0.15, -0.1) is 0 Å². The van der Waals surface area contributed by atoms with E-state index >= 15 is 0 Å². The lowest BCUT2D eigenvalue weighted by atomic mass is 9.36. The first-order chi connectivity index (χ1) is 19.4. The predicted molar refractivity (Wildman–Crippen MR) is 148 cm³/mol. The molecule has 1 aromatic rings. The van der Waals surface area contributed by atoms with Crippen molar-refractivity contribution in [3.63, 3.8) is 0 Å². The molecule has 6 fully saturated rings. The number of carbonyl (C=O) groups excluding carboxylic acids is 2. The number of aliphatic hydroxyl groups is 1. The molecule has 0 aromatic heterocycles. The minimum atomic E-state index is -0.823. The third-order valence-corrected chi connectivity index (χ3v) is 13.2. The van der Waals surface area contributed by atoms with E-state index in [2.05, 4.69) is 34.3 Å². The lowest BCUT2D eigenvalue weighted by Crippen LogP contribution is -2.76. The Bertz CT molecular complexity index is 1390. The van der Waals surface area contributed by atoms with E-state index in [0.29, 0.717) is 24.4 Å². The minimum absolute atomic E-state index is 0.0531. The number of ketones is 1. The average molecular weight is 561 g/mol. The van der Waals surface area contributed by atoms with Gasteiger partial charge in [-0.2, -0.15) is 0 Å². The highest BCUT2D eigenvalue weighted by Gasteiger charge is 2.91. The molecule has 1 aromatic carbocycles. The lowest BCUT2D eigenvalue weighted by Gasteiger charge is -2.66. The van der Waals surface area contributed by atoms with Crippen LogP contribution in [0.15, 0.2) is 54.8 Å². The molecular weight excluding hydrogens is 520 g/mol. The molecule has 7 aliphatic rings. The van der Waals surface area contributed by atoms with Gasteiger partial charge in [0.15, 0.2) is 12.1 Å². The fourth-order valence-electron chi connectivity index (χ4n) is 11.7. The van der Waals surface area contributed by atoms with E-state index < -0.39 is 34.9 Å². The van der Waals surface area contributed by atoms with Gasteiger partial charge < -0.3 is 24.1 Å². The van der Waals surface area contributed by atoms with Crippen LogP contribution in [0, 0.1) is 45.3 Å². The van der Waals surface area contributed by atoms with Crippen molar-refractivity contribution in [2.24, 2.45) is 45.3 Å². The Hall–Kier alpha value is -2.48. The largest absolute Gasteiger partial charge is 0.470 e. The van der Waals surface area contributed by atoms with Crippen molar-refractivity contribution in [3.05, 3.63) is 60.4 Å². The van der Waals surface area contributed by atoms with E-state index in [9.17, 15) is 14.7 Å². The van der Waals surface area contributed by atoms with E-state index in [1.54, 1.807) is 18.2 Å². The predicted octanol–water partition coefficient (Wildman–Crippen LogP) is 4.84. The summed E-state index contributed by atoms with van der Waals surface area (Å²) in [7, 11) is 0. The van der Waals surface area contributed by atoms with Gasteiger partial charge in [0.2, 0.25) is 0 Å². The smallest absolute Gasteiger partial charge is 0.338 e. The van der Waals surface area contributed by atoms with E-state index in [1.165, 1.54) is 0 Å². The maximum absolute atomic E-state index is 14.1. The standard InChI is InChI=1S/C34H40O7/c1-18-20(15-25(36)39-18)21-11-12-22-31(21,3)16-24-34(41-24)32(22,4)28(40-29(37)19-9-7-6-8-10-19)26-27-30(2,17-38-26)14-13-23(35)33(27,34)5/h6-10,13-14,20-22,24-28,36H,1,11-12,15-17H2,2-5H3/t20-,21+,22+,24-,25-,26+,27-,28-,30+,31+,32+,33+,34+/m1/s1. The molecule has 0 unspecified atom stereocenters. The molecule has 3 heterocycles. The number of hydrogen-bond acceptors (Lipinski definition) is 7. The maximum Gasteiger partial charge on any atom is 0.338 e. The van der Waals surface area contributed by atoms with Gasteiger partial charge in [-0.1, -0.05) is 51.6 Å². The van der Waals surface area contributed by atoms with Gasteiger partial charge in [-0.05, 0) is 61.6 Å². The number of aliphatic hydroxyl groups excluding tert-OH is 1. The van der Waals surface area contributed by atoms with Crippen LogP contribution in [0.25, 0.3) is 0 Å². The quantitative estimate of drug-likeness (QED) is 0.418. The van der Waals surface area contributed by atoms with Crippen LogP contribution in [0.1, 0.15) is 63.7 Å². The van der Waals surface area contributed by atoms with Crippen molar-refractivity contribution < 1.29 is 33.6 Å². The Morgan fingerprint density at radius 3 is 2.59 bits per heavy atom. The third-order valence-electron chi connectivity index (χ3n) is 13.2. The summed E-state index contributed by atoms with van der Waals surface area (Å²) >= 11 is 0. The molecular formula is C34H40O7. The Labute approximate surface area is 241 Å². The Morgan fingerprint density at radius 1 is 1.12 bits per heavy atom. The molecule has 0 amide bonds. The van der Waals surface area contributed by atoms with E-state index in [0.717, 1.165) is 19.3 Å². The highest BCUT2D eigenvalue weighted by Crippen LogP contribution is 2.82. The van der Waals surface area contributed by atoms with E-state index in [1.807, 2.05) is 24.3 Å². The summed E-state index contributed by atoms with van der Waals surface area (Å²) < 4.78 is 25.9. The van der Waals surface area contributed by atoms with E-state index in [4.69, 9.17) is 18.9 Å². The molecule has 7 nitrogen and oxygen atoms in total. The Kier molecular flexibility index (Phi) is 5.05. The van der Waals surface area contributed by atoms with Crippen LogP contribution in [0.2, 0.25) is 0 Å². The van der Waals surface area contributed by atoms with Crippen LogP contribution in [0.4, 0.5) is 0 Å². The summed E-state index contributed by atoms with van der Waals surface area (Å²) in [6, 6.07) is 9.13. The monoisotopic (exact) mass is 560 g/mol. The Morgan fingerprint density at radius 2 is 1.88 bits per heavy atom. The summed E-state index contributed by atoms with van der Waals surface area (Å²) in [5.74, 6) is 0.610. The zero-order valence-corrected chi connectivity index (χ0v) is 24.3. The highest BCUT2D eigenvalue weighted by molar-refractivity contribution is 5.98. The van der Waals surface area contributed by atoms with Crippen molar-refractivity contribution in [1.82, 2.24) is 0 Å². The molecule has 0 bridgehead atoms. The molecule has 3 aliphatic heterocycles. The number of ether oxygens (including phenoxy) is 4. The van der Waals surface area contributed by atoms with Crippen LogP contribution >= 0.6 is 0 Å². The molecule has 3 saturated carbocycles. The summed E-state index contributed by atoms with van der Waals surface area (Å²) in [4.78, 5) is 27.9. The normalized spacial score (nSPS) is 54.1. The SMILES string of the molecule is C=C1O[C@@H](O)C[C@H]1[C@@H]1CC[C@H]2[C@@]1(C)C[C@H]1O[C@]13[C@]2(C)[C@H](OC(=O)c1ccccc1)[C@H]1OC[C@]2(C)C=CC(=O)[C@@]3(C)[C@H]12. The molecule has 1 spiro atoms. The number of epoxide rings is 1. The number of rotatable bonds is 3. The van der Waals surface area contributed by atoms with Crippen LogP contribution in [-0.4, -0.2) is 53.7 Å². The van der Waals surface area contributed by atoms with Crippen molar-refractivity contribution >= 4 is 11.8 Å². The molecule has 41 heavy (non-hydrogen) atoms. The van der Waals surface area contributed by atoms with Gasteiger partial charge in [-0.3, -0.25) is 4.79 Å². The van der Waals surface area contributed by atoms with E-state index in [-0.39, 0.29) is 52.4 Å². The van der Waals surface area contributed by atoms with Crippen LogP contribution in [0.3, 0.4) is 0 Å². The molecule has 8 rings (SSSR count). The van der Waals surface area contributed by atoms with Crippen LogP contribution < -0.4 is 0 Å². The second-order valence-electron chi connectivity index (χ2n) is 14.8. The lowest BCUT2D eigenvalue weighted by molar-refractivity contribution is -0.236. The number of fused-ring (bicyclic) bond motifs is 2. The Balaban J connectivity index is 1.29. The topological polar surface area (TPSA) is 94.6 Å². The van der Waals surface area contributed by atoms with Gasteiger partial charge in [0.1, 0.15) is 11.7 Å². The summed E-state index contributed by atoms with van der Waals surface area (Å²) in [6.45, 7) is 13.5. The minimum Gasteiger partial charge on any atom is -0.470 e. The fourth-order valence-corrected chi connectivity index (χ4v) is 11.7. The van der Waals surface area contributed by atoms with Crippen molar-refractivity contribution in [1.29, 1.82) is 0 Å². The maximum atomic E-state index is 14.1. The zero-order valence-electron chi connectivity index (χ0n) is 24.3. The summed E-state index contributed by atoms with van der Waals surface area (Å²) in [5.41, 5.74) is -2.28. The molecule has 3 saturated heterocycles. The summed E-state index contributed by atoms with van der Waals surface area (Å²) in [5, 5.41) is 10.3.